The first-order valence-corrected chi connectivity index (χ1v) is 6.90. The van der Waals surface area contributed by atoms with E-state index >= 15 is 0 Å². The molecule has 0 fully saturated rings. The van der Waals surface area contributed by atoms with Crippen LogP contribution >= 0.6 is 11.6 Å². The van der Waals surface area contributed by atoms with Gasteiger partial charge in [-0.1, -0.05) is 17.7 Å². The molecular formula is C11H13ClO3S. The highest BCUT2D eigenvalue weighted by molar-refractivity contribution is 7.92. The Kier molecular flexibility index (Phi) is 2.57. The summed E-state index contributed by atoms with van der Waals surface area (Å²) in [5.74, 6) is 0. The molecular weight excluding hydrogens is 248 g/mol. The number of fused-ring (bicyclic) bond motifs is 1. The van der Waals surface area contributed by atoms with Crippen molar-refractivity contribution in [2.24, 2.45) is 0 Å². The molecule has 0 bridgehead atoms. The van der Waals surface area contributed by atoms with Crippen molar-refractivity contribution in [3.05, 3.63) is 28.8 Å². The summed E-state index contributed by atoms with van der Waals surface area (Å²) in [5.41, 5.74) is -0.641. The Labute approximate surface area is 100.0 Å². The third-order valence-electron chi connectivity index (χ3n) is 2.93. The van der Waals surface area contributed by atoms with Gasteiger partial charge in [0.25, 0.3) is 0 Å². The standard InChI is InChI=1S/C11H13ClO3S/c1-11(2,13)10-6-7-8(12)4-3-5-9(7)16(10,14)15/h3-5,10,13H,6H2,1-2H3. The Morgan fingerprint density at radius 1 is 1.44 bits per heavy atom. The molecule has 1 N–H and O–H groups in total. The van der Waals surface area contributed by atoms with Crippen LogP contribution in [0.4, 0.5) is 0 Å². The van der Waals surface area contributed by atoms with Crippen LogP contribution in [-0.4, -0.2) is 24.4 Å². The second kappa shape index (κ2) is 3.45. The van der Waals surface area contributed by atoms with Crippen molar-refractivity contribution in [3.63, 3.8) is 0 Å². The van der Waals surface area contributed by atoms with E-state index in [4.69, 9.17) is 11.6 Å². The van der Waals surface area contributed by atoms with Crippen LogP contribution in [0.25, 0.3) is 0 Å². The summed E-state index contributed by atoms with van der Waals surface area (Å²) in [4.78, 5) is 0.257. The zero-order chi connectivity index (χ0) is 12.1. The van der Waals surface area contributed by atoms with Crippen LogP contribution in [0.3, 0.4) is 0 Å². The minimum atomic E-state index is -3.46. The maximum absolute atomic E-state index is 12.2. The number of benzene rings is 1. The van der Waals surface area contributed by atoms with Gasteiger partial charge in [0, 0.05) is 5.02 Å². The minimum absolute atomic E-state index is 0.257. The van der Waals surface area contributed by atoms with Gasteiger partial charge < -0.3 is 5.11 Å². The average Bonchev–Trinajstić information content (AvgIpc) is 2.39. The van der Waals surface area contributed by atoms with Crippen molar-refractivity contribution < 1.29 is 13.5 Å². The first-order chi connectivity index (χ1) is 7.24. The van der Waals surface area contributed by atoms with Crippen LogP contribution in [0, 0.1) is 0 Å². The fourth-order valence-electron chi connectivity index (χ4n) is 2.08. The average molecular weight is 261 g/mol. The van der Waals surface area contributed by atoms with Gasteiger partial charge in [0.05, 0.1) is 15.7 Å². The molecule has 1 unspecified atom stereocenters. The summed E-state index contributed by atoms with van der Waals surface area (Å²) in [5, 5.41) is 9.54. The molecule has 0 amide bonds. The van der Waals surface area contributed by atoms with Crippen LogP contribution in [0.5, 0.6) is 0 Å². The number of hydrogen-bond acceptors (Lipinski definition) is 3. The van der Waals surface area contributed by atoms with Crippen molar-refractivity contribution in [1.82, 2.24) is 0 Å². The zero-order valence-corrected chi connectivity index (χ0v) is 10.6. The third-order valence-corrected chi connectivity index (χ3v) is 5.78. The van der Waals surface area contributed by atoms with E-state index in [1.54, 1.807) is 18.2 Å². The number of aliphatic hydroxyl groups is 1. The van der Waals surface area contributed by atoms with Crippen LogP contribution in [0.15, 0.2) is 23.1 Å². The molecule has 88 valence electrons. The molecule has 3 nitrogen and oxygen atoms in total. The molecule has 1 aromatic carbocycles. The van der Waals surface area contributed by atoms with Gasteiger partial charge in [-0.25, -0.2) is 8.42 Å². The number of halogens is 1. The van der Waals surface area contributed by atoms with E-state index in [-0.39, 0.29) is 11.3 Å². The molecule has 2 rings (SSSR count). The van der Waals surface area contributed by atoms with E-state index in [0.29, 0.717) is 10.6 Å². The summed E-state index contributed by atoms with van der Waals surface area (Å²) < 4.78 is 24.3. The predicted molar refractivity (Wildman–Crippen MR) is 62.4 cm³/mol. The molecule has 1 aliphatic heterocycles. The molecule has 0 radical (unpaired) electrons. The highest BCUT2D eigenvalue weighted by Crippen LogP contribution is 2.39. The molecule has 0 aliphatic carbocycles. The van der Waals surface area contributed by atoms with Gasteiger partial charge in [0.2, 0.25) is 0 Å². The van der Waals surface area contributed by atoms with Gasteiger partial charge in [0.1, 0.15) is 0 Å². The Bertz CT molecular complexity index is 529. The number of hydrogen-bond donors (Lipinski definition) is 1. The van der Waals surface area contributed by atoms with Crippen molar-refractivity contribution in [1.29, 1.82) is 0 Å². The predicted octanol–water partition coefficient (Wildman–Crippen LogP) is 1.81. The van der Waals surface area contributed by atoms with E-state index in [1.165, 1.54) is 13.8 Å². The Hall–Kier alpha value is -0.580. The lowest BCUT2D eigenvalue weighted by Gasteiger charge is -2.24. The van der Waals surface area contributed by atoms with Gasteiger partial charge in [0.15, 0.2) is 9.84 Å². The van der Waals surface area contributed by atoms with Gasteiger partial charge in [-0.05, 0) is 38.0 Å². The van der Waals surface area contributed by atoms with Crippen molar-refractivity contribution in [2.75, 3.05) is 0 Å². The van der Waals surface area contributed by atoms with E-state index in [0.717, 1.165) is 0 Å². The third kappa shape index (κ3) is 1.65. The lowest BCUT2D eigenvalue weighted by Crippen LogP contribution is -2.40. The Balaban J connectivity index is 2.64. The smallest absolute Gasteiger partial charge is 0.184 e. The summed E-state index contributed by atoms with van der Waals surface area (Å²) in [6.07, 6.45) is 0.279. The first-order valence-electron chi connectivity index (χ1n) is 4.98. The molecule has 1 aromatic rings. The molecule has 0 saturated heterocycles. The Morgan fingerprint density at radius 3 is 2.56 bits per heavy atom. The second-order valence-corrected chi connectivity index (χ2v) is 7.11. The maximum Gasteiger partial charge on any atom is 0.184 e. The van der Waals surface area contributed by atoms with Crippen LogP contribution in [0.1, 0.15) is 19.4 Å². The minimum Gasteiger partial charge on any atom is -0.389 e. The van der Waals surface area contributed by atoms with Gasteiger partial charge in [-0.15, -0.1) is 0 Å². The molecule has 5 heteroatoms. The molecule has 0 saturated carbocycles. The fraction of sp³-hybridized carbons (Fsp3) is 0.455. The van der Waals surface area contributed by atoms with Gasteiger partial charge in [-0.3, -0.25) is 0 Å². The van der Waals surface area contributed by atoms with Crippen LogP contribution < -0.4 is 0 Å². The molecule has 1 atom stereocenters. The molecule has 0 spiro atoms. The molecule has 1 aliphatic rings. The lowest BCUT2D eigenvalue weighted by atomic mass is 9.99. The van der Waals surface area contributed by atoms with Gasteiger partial charge >= 0.3 is 0 Å². The van der Waals surface area contributed by atoms with Crippen molar-refractivity contribution >= 4 is 21.4 Å². The Morgan fingerprint density at radius 2 is 2.06 bits per heavy atom. The van der Waals surface area contributed by atoms with E-state index in [9.17, 15) is 13.5 Å². The van der Waals surface area contributed by atoms with E-state index in [1.807, 2.05) is 0 Å². The van der Waals surface area contributed by atoms with Crippen LogP contribution in [0.2, 0.25) is 5.02 Å². The first kappa shape index (κ1) is 11.9. The summed E-state index contributed by atoms with van der Waals surface area (Å²) in [7, 11) is -3.46. The largest absolute Gasteiger partial charge is 0.389 e. The summed E-state index contributed by atoms with van der Waals surface area (Å²) >= 11 is 5.97. The highest BCUT2D eigenvalue weighted by Gasteiger charge is 2.45. The van der Waals surface area contributed by atoms with Crippen LogP contribution in [-0.2, 0) is 16.3 Å². The molecule has 16 heavy (non-hydrogen) atoms. The zero-order valence-electron chi connectivity index (χ0n) is 9.07. The maximum atomic E-state index is 12.2. The molecule has 0 aromatic heterocycles. The SMILES string of the molecule is CC(C)(O)C1Cc2c(Cl)cccc2S1(=O)=O. The monoisotopic (exact) mass is 260 g/mol. The number of rotatable bonds is 1. The summed E-state index contributed by atoms with van der Waals surface area (Å²) in [6.45, 7) is 3.02. The fourth-order valence-corrected chi connectivity index (χ4v) is 4.65. The lowest BCUT2D eigenvalue weighted by molar-refractivity contribution is 0.0761. The van der Waals surface area contributed by atoms with E-state index < -0.39 is 20.7 Å². The normalized spacial score (nSPS) is 23.1. The molecule has 1 heterocycles. The van der Waals surface area contributed by atoms with Crippen molar-refractivity contribution in [3.8, 4) is 0 Å². The summed E-state index contributed by atoms with van der Waals surface area (Å²) in [6, 6.07) is 4.83. The number of sulfone groups is 1. The van der Waals surface area contributed by atoms with Crippen molar-refractivity contribution in [2.45, 2.75) is 36.0 Å². The highest BCUT2D eigenvalue weighted by atomic mass is 35.5. The topological polar surface area (TPSA) is 54.4 Å². The van der Waals surface area contributed by atoms with E-state index in [2.05, 4.69) is 0 Å². The van der Waals surface area contributed by atoms with Gasteiger partial charge in [-0.2, -0.15) is 0 Å². The quantitative estimate of drug-likeness (QED) is 0.838. The second-order valence-electron chi connectivity index (χ2n) is 4.61.